The van der Waals surface area contributed by atoms with Crippen LogP contribution in [0.1, 0.15) is 38.3 Å². The smallest absolute Gasteiger partial charge is 0.257 e. The van der Waals surface area contributed by atoms with Gasteiger partial charge >= 0.3 is 0 Å². The molecule has 3 aromatic carbocycles. The number of phenols is 1. The predicted octanol–water partition coefficient (Wildman–Crippen LogP) is 4.37. The van der Waals surface area contributed by atoms with Crippen molar-refractivity contribution in [3.8, 4) is 5.75 Å². The number of nitrogens with zero attached hydrogens (tertiary/aromatic N) is 2. The number of phenolic OH excluding ortho intramolecular Hbond substituents is 1. The molecule has 1 aromatic heterocycles. The molecule has 1 aliphatic rings. The highest BCUT2D eigenvalue weighted by Crippen LogP contribution is 2.29. The first-order chi connectivity index (χ1) is 14.6. The van der Waals surface area contributed by atoms with Gasteiger partial charge in [-0.05, 0) is 36.1 Å². The molecule has 5 rings (SSSR count). The molecule has 0 saturated carbocycles. The van der Waals surface area contributed by atoms with E-state index in [0.717, 1.165) is 28.6 Å². The van der Waals surface area contributed by atoms with Gasteiger partial charge in [-0.3, -0.25) is 9.89 Å². The van der Waals surface area contributed by atoms with E-state index in [2.05, 4.69) is 47.5 Å². The largest absolute Gasteiger partial charge is 0.507 e. The number of aromatic nitrogens is 2. The topological polar surface area (TPSA) is 69.2 Å². The fourth-order valence-electron chi connectivity index (χ4n) is 4.27. The number of rotatable bonds is 3. The maximum absolute atomic E-state index is 13.2. The van der Waals surface area contributed by atoms with Gasteiger partial charge in [-0.25, -0.2) is 0 Å². The molecule has 1 aliphatic heterocycles. The van der Waals surface area contributed by atoms with E-state index in [4.69, 9.17) is 0 Å². The monoisotopic (exact) mass is 397 g/mol. The third-order valence-electron chi connectivity index (χ3n) is 5.86. The number of amides is 1. The van der Waals surface area contributed by atoms with Gasteiger partial charge in [0.25, 0.3) is 5.91 Å². The number of hydrogen-bond acceptors (Lipinski definition) is 3. The first-order valence-corrected chi connectivity index (χ1v) is 10.2. The summed E-state index contributed by atoms with van der Waals surface area (Å²) in [4.78, 5) is 15.1. The molecule has 0 saturated heterocycles. The van der Waals surface area contributed by atoms with Crippen LogP contribution in [0.25, 0.3) is 10.9 Å². The van der Waals surface area contributed by atoms with E-state index in [1.54, 1.807) is 12.1 Å². The summed E-state index contributed by atoms with van der Waals surface area (Å²) in [5.41, 5.74) is 6.75. The second-order valence-electron chi connectivity index (χ2n) is 8.00. The predicted molar refractivity (Wildman–Crippen MR) is 117 cm³/mol. The molecule has 2 N–H and O–H groups in total. The van der Waals surface area contributed by atoms with Gasteiger partial charge in [0.2, 0.25) is 0 Å². The standard InChI is InChI=1S/C25H23N3O2/c1-16-5-4-6-17(11-16)12-22-20-13-21(24(29)14-23(20)27-26-22)25(30)28-10-9-18-7-2-3-8-19(18)15-28/h2-8,11,13-14,29H,9-10,12,15H2,1H3,(H,26,27). The molecule has 0 radical (unpaired) electrons. The lowest BCUT2D eigenvalue weighted by atomic mass is 9.98. The molecule has 0 atom stereocenters. The van der Waals surface area contributed by atoms with Crippen LogP contribution >= 0.6 is 0 Å². The lowest BCUT2D eigenvalue weighted by molar-refractivity contribution is 0.0732. The molecular formula is C25H23N3O2. The number of H-pyrrole nitrogens is 1. The van der Waals surface area contributed by atoms with Gasteiger partial charge in [-0.15, -0.1) is 0 Å². The van der Waals surface area contributed by atoms with Crippen LogP contribution in [0.3, 0.4) is 0 Å². The number of hydrogen-bond donors (Lipinski definition) is 2. The maximum Gasteiger partial charge on any atom is 0.257 e. The first-order valence-electron chi connectivity index (χ1n) is 10.2. The van der Waals surface area contributed by atoms with Crippen molar-refractivity contribution >= 4 is 16.8 Å². The van der Waals surface area contributed by atoms with Crippen molar-refractivity contribution in [2.45, 2.75) is 26.3 Å². The van der Waals surface area contributed by atoms with Crippen LogP contribution in [0.5, 0.6) is 5.75 Å². The Hall–Kier alpha value is -3.60. The summed E-state index contributed by atoms with van der Waals surface area (Å²) in [6.07, 6.45) is 1.49. The molecule has 4 aromatic rings. The average molecular weight is 397 g/mol. The number of aromatic amines is 1. The number of fused-ring (bicyclic) bond motifs is 2. The van der Waals surface area contributed by atoms with Crippen LogP contribution in [0.4, 0.5) is 0 Å². The van der Waals surface area contributed by atoms with Crippen molar-refractivity contribution in [3.05, 3.63) is 94.2 Å². The van der Waals surface area contributed by atoms with Crippen molar-refractivity contribution in [2.75, 3.05) is 6.54 Å². The van der Waals surface area contributed by atoms with Crippen molar-refractivity contribution in [1.82, 2.24) is 15.1 Å². The quantitative estimate of drug-likeness (QED) is 0.539. The fourth-order valence-corrected chi connectivity index (χ4v) is 4.27. The first kappa shape index (κ1) is 18.4. The molecule has 5 heteroatoms. The molecule has 0 unspecified atom stereocenters. The molecular weight excluding hydrogens is 374 g/mol. The summed E-state index contributed by atoms with van der Waals surface area (Å²) in [7, 11) is 0. The fraction of sp³-hybridized carbons (Fsp3) is 0.200. The Morgan fingerprint density at radius 1 is 1.10 bits per heavy atom. The molecule has 1 amide bonds. The Morgan fingerprint density at radius 3 is 2.77 bits per heavy atom. The molecule has 2 heterocycles. The molecule has 0 fully saturated rings. The zero-order valence-electron chi connectivity index (χ0n) is 16.9. The zero-order valence-corrected chi connectivity index (χ0v) is 16.9. The van der Waals surface area contributed by atoms with E-state index < -0.39 is 0 Å². The van der Waals surface area contributed by atoms with Gasteiger partial charge in [0.05, 0.1) is 16.8 Å². The number of aromatic hydroxyl groups is 1. The molecule has 5 nitrogen and oxygen atoms in total. The van der Waals surface area contributed by atoms with Crippen LogP contribution in [0, 0.1) is 6.92 Å². The number of aryl methyl sites for hydroxylation is 1. The van der Waals surface area contributed by atoms with Gasteiger partial charge in [0, 0.05) is 31.0 Å². The second-order valence-corrected chi connectivity index (χ2v) is 8.00. The van der Waals surface area contributed by atoms with E-state index in [1.807, 2.05) is 23.1 Å². The zero-order chi connectivity index (χ0) is 20.7. The summed E-state index contributed by atoms with van der Waals surface area (Å²) >= 11 is 0. The third kappa shape index (κ3) is 3.32. The van der Waals surface area contributed by atoms with Crippen LogP contribution in [0.2, 0.25) is 0 Å². The summed E-state index contributed by atoms with van der Waals surface area (Å²) in [6, 6.07) is 19.9. The highest BCUT2D eigenvalue weighted by molar-refractivity contribution is 6.01. The van der Waals surface area contributed by atoms with Crippen molar-refractivity contribution in [2.24, 2.45) is 0 Å². The Morgan fingerprint density at radius 2 is 1.93 bits per heavy atom. The molecule has 150 valence electrons. The molecule has 0 spiro atoms. The van der Waals surface area contributed by atoms with Gasteiger partial charge in [0.1, 0.15) is 5.75 Å². The highest BCUT2D eigenvalue weighted by atomic mass is 16.3. The van der Waals surface area contributed by atoms with E-state index in [-0.39, 0.29) is 11.7 Å². The third-order valence-corrected chi connectivity index (χ3v) is 5.86. The van der Waals surface area contributed by atoms with Crippen molar-refractivity contribution < 1.29 is 9.90 Å². The maximum atomic E-state index is 13.2. The Balaban J connectivity index is 1.47. The van der Waals surface area contributed by atoms with Crippen LogP contribution in [-0.4, -0.2) is 32.7 Å². The number of benzene rings is 3. The highest BCUT2D eigenvalue weighted by Gasteiger charge is 2.24. The van der Waals surface area contributed by atoms with E-state index in [1.165, 1.54) is 16.7 Å². The lowest BCUT2D eigenvalue weighted by Gasteiger charge is -2.29. The lowest BCUT2D eigenvalue weighted by Crippen LogP contribution is -2.35. The van der Waals surface area contributed by atoms with Gasteiger partial charge in [0.15, 0.2) is 0 Å². The number of carbonyl (C=O) groups is 1. The van der Waals surface area contributed by atoms with Crippen LogP contribution < -0.4 is 0 Å². The SMILES string of the molecule is Cc1cccc(Cc2n[nH]c3cc(O)c(C(=O)N4CCc5ccccc5C4)cc23)c1. The van der Waals surface area contributed by atoms with Gasteiger partial charge in [-0.1, -0.05) is 54.1 Å². The van der Waals surface area contributed by atoms with E-state index in [9.17, 15) is 9.90 Å². The minimum Gasteiger partial charge on any atom is -0.507 e. The molecule has 30 heavy (non-hydrogen) atoms. The van der Waals surface area contributed by atoms with E-state index >= 15 is 0 Å². The van der Waals surface area contributed by atoms with Gasteiger partial charge < -0.3 is 10.0 Å². The number of carbonyl (C=O) groups excluding carboxylic acids is 1. The van der Waals surface area contributed by atoms with Crippen LogP contribution in [0.15, 0.2) is 60.7 Å². The summed E-state index contributed by atoms with van der Waals surface area (Å²) < 4.78 is 0. The summed E-state index contributed by atoms with van der Waals surface area (Å²) in [6.45, 7) is 3.28. The second kappa shape index (κ2) is 7.34. The minimum atomic E-state index is -0.147. The normalized spacial score (nSPS) is 13.4. The van der Waals surface area contributed by atoms with E-state index in [0.29, 0.717) is 25.1 Å². The van der Waals surface area contributed by atoms with Crippen LogP contribution in [-0.2, 0) is 19.4 Å². The molecule has 0 aliphatic carbocycles. The Kier molecular flexibility index (Phi) is 4.51. The van der Waals surface area contributed by atoms with Crippen molar-refractivity contribution in [1.29, 1.82) is 0 Å². The summed E-state index contributed by atoms with van der Waals surface area (Å²) in [5, 5.41) is 18.8. The average Bonchev–Trinajstić information content (AvgIpc) is 3.13. The summed E-state index contributed by atoms with van der Waals surface area (Å²) in [5.74, 6) is -0.163. The minimum absolute atomic E-state index is 0.0166. The Labute approximate surface area is 175 Å². The molecule has 0 bridgehead atoms. The Bertz CT molecular complexity index is 1260. The number of nitrogens with one attached hydrogen (secondary N) is 1. The van der Waals surface area contributed by atoms with Crippen molar-refractivity contribution in [3.63, 3.8) is 0 Å². The van der Waals surface area contributed by atoms with Gasteiger partial charge in [-0.2, -0.15) is 5.10 Å².